The van der Waals surface area contributed by atoms with Crippen molar-refractivity contribution in [1.29, 1.82) is 0 Å². The van der Waals surface area contributed by atoms with Gasteiger partial charge in [0.25, 0.3) is 5.91 Å². The predicted octanol–water partition coefficient (Wildman–Crippen LogP) is 4.23. The lowest BCUT2D eigenvalue weighted by atomic mass is 9.95. The van der Waals surface area contributed by atoms with Crippen LogP contribution >= 0.6 is 0 Å². The van der Waals surface area contributed by atoms with Crippen LogP contribution in [0.2, 0.25) is 0 Å². The summed E-state index contributed by atoms with van der Waals surface area (Å²) in [6.07, 6.45) is -1.03. The Bertz CT molecular complexity index is 920. The summed E-state index contributed by atoms with van der Waals surface area (Å²) < 4.78 is 18.3. The first-order valence-electron chi connectivity index (χ1n) is 9.65. The zero-order valence-electron chi connectivity index (χ0n) is 17.8. The number of hydrogen-bond donors (Lipinski definition) is 2. The lowest BCUT2D eigenvalue weighted by Gasteiger charge is -2.19. The largest absolute Gasteiger partial charge is 0.449 e. The number of rotatable bonds is 6. The van der Waals surface area contributed by atoms with Gasteiger partial charge in [-0.25, -0.2) is 9.18 Å². The highest BCUT2D eigenvalue weighted by molar-refractivity contribution is 5.97. The van der Waals surface area contributed by atoms with Gasteiger partial charge in [-0.1, -0.05) is 39.0 Å². The molecule has 0 aliphatic rings. The van der Waals surface area contributed by atoms with Gasteiger partial charge in [-0.15, -0.1) is 0 Å². The average Bonchev–Trinajstić information content (AvgIpc) is 2.67. The summed E-state index contributed by atoms with van der Waals surface area (Å²) in [5, 5.41) is 5.48. The van der Waals surface area contributed by atoms with Crippen LogP contribution in [-0.4, -0.2) is 23.9 Å². The van der Waals surface area contributed by atoms with E-state index in [2.05, 4.69) is 10.6 Å². The molecule has 0 radical (unpaired) electrons. The van der Waals surface area contributed by atoms with Crippen LogP contribution in [0.4, 0.5) is 10.1 Å². The maximum Gasteiger partial charge on any atom is 0.338 e. The van der Waals surface area contributed by atoms with Crippen molar-refractivity contribution in [2.45, 2.75) is 46.8 Å². The van der Waals surface area contributed by atoms with Gasteiger partial charge in [0.1, 0.15) is 5.82 Å². The number of ether oxygens (including phenoxy) is 1. The molecule has 2 rings (SSSR count). The minimum Gasteiger partial charge on any atom is -0.449 e. The molecule has 0 saturated heterocycles. The molecule has 0 fully saturated rings. The Labute approximate surface area is 175 Å². The van der Waals surface area contributed by atoms with Crippen LogP contribution in [0.1, 0.15) is 56.6 Å². The number of benzene rings is 2. The monoisotopic (exact) mass is 414 g/mol. The summed E-state index contributed by atoms with van der Waals surface area (Å²) in [7, 11) is 0. The van der Waals surface area contributed by atoms with Gasteiger partial charge in [0.15, 0.2) is 6.10 Å². The first-order valence-corrected chi connectivity index (χ1v) is 9.65. The van der Waals surface area contributed by atoms with Gasteiger partial charge in [0.05, 0.1) is 11.6 Å². The molecule has 7 heteroatoms. The Morgan fingerprint density at radius 1 is 1.00 bits per heavy atom. The standard InChI is InChI=1S/C23H27FN2O4/c1-14(16-9-11-18(24)12-10-16)25-20(27)15(2)30-21(28)17-7-6-8-19(13-17)26-22(29)23(3,4)5/h6-15H,1-5H3,(H,25,27)(H,26,29). The second-order valence-electron chi connectivity index (χ2n) is 8.11. The molecule has 2 aromatic rings. The molecule has 2 aromatic carbocycles. The van der Waals surface area contributed by atoms with Crippen molar-refractivity contribution < 1.29 is 23.5 Å². The van der Waals surface area contributed by atoms with E-state index in [0.29, 0.717) is 5.69 Å². The molecule has 0 heterocycles. The Morgan fingerprint density at radius 3 is 2.23 bits per heavy atom. The number of esters is 1. The van der Waals surface area contributed by atoms with Gasteiger partial charge in [0.2, 0.25) is 5.91 Å². The van der Waals surface area contributed by atoms with Crippen molar-refractivity contribution in [2.75, 3.05) is 5.32 Å². The third-order valence-electron chi connectivity index (χ3n) is 4.42. The zero-order chi connectivity index (χ0) is 22.5. The Hall–Kier alpha value is -3.22. The van der Waals surface area contributed by atoms with E-state index in [9.17, 15) is 18.8 Å². The van der Waals surface area contributed by atoms with Crippen molar-refractivity contribution in [3.05, 3.63) is 65.5 Å². The fourth-order valence-electron chi connectivity index (χ4n) is 2.49. The fraction of sp³-hybridized carbons (Fsp3) is 0.348. The van der Waals surface area contributed by atoms with E-state index in [1.807, 2.05) is 0 Å². The van der Waals surface area contributed by atoms with Crippen molar-refractivity contribution in [1.82, 2.24) is 5.32 Å². The molecule has 2 unspecified atom stereocenters. The number of anilines is 1. The van der Waals surface area contributed by atoms with E-state index in [1.165, 1.54) is 25.1 Å². The number of amides is 2. The number of carbonyl (C=O) groups is 3. The van der Waals surface area contributed by atoms with Gasteiger partial charge in [-0.3, -0.25) is 9.59 Å². The van der Waals surface area contributed by atoms with Crippen molar-refractivity contribution in [3.63, 3.8) is 0 Å². The van der Waals surface area contributed by atoms with E-state index in [-0.39, 0.29) is 23.3 Å². The predicted molar refractivity (Wildman–Crippen MR) is 112 cm³/mol. The highest BCUT2D eigenvalue weighted by Gasteiger charge is 2.23. The molecule has 0 bridgehead atoms. The summed E-state index contributed by atoms with van der Waals surface area (Å²) in [4.78, 5) is 36.9. The Kier molecular flexibility index (Phi) is 7.32. The van der Waals surface area contributed by atoms with Crippen LogP contribution < -0.4 is 10.6 Å². The van der Waals surface area contributed by atoms with E-state index in [4.69, 9.17) is 4.74 Å². The molecule has 6 nitrogen and oxygen atoms in total. The molecule has 2 amide bonds. The summed E-state index contributed by atoms with van der Waals surface area (Å²) in [5.74, 6) is -1.70. The molecule has 2 atom stereocenters. The molecule has 0 saturated carbocycles. The van der Waals surface area contributed by atoms with Gasteiger partial charge < -0.3 is 15.4 Å². The van der Waals surface area contributed by atoms with Gasteiger partial charge in [-0.2, -0.15) is 0 Å². The highest BCUT2D eigenvalue weighted by Crippen LogP contribution is 2.19. The second kappa shape index (κ2) is 9.52. The minimum atomic E-state index is -1.03. The van der Waals surface area contributed by atoms with Crippen LogP contribution in [-0.2, 0) is 14.3 Å². The molecular formula is C23H27FN2O4. The molecule has 0 aliphatic heterocycles. The molecule has 2 N–H and O–H groups in total. The Balaban J connectivity index is 1.97. The van der Waals surface area contributed by atoms with Gasteiger partial charge in [-0.05, 0) is 49.7 Å². The smallest absolute Gasteiger partial charge is 0.338 e. The summed E-state index contributed by atoms with van der Waals surface area (Å²) in [6.45, 7) is 8.58. The quantitative estimate of drug-likeness (QED) is 0.693. The topological polar surface area (TPSA) is 84.5 Å². The first-order chi connectivity index (χ1) is 14.0. The maximum absolute atomic E-state index is 13.0. The third-order valence-corrected chi connectivity index (χ3v) is 4.42. The minimum absolute atomic E-state index is 0.185. The lowest BCUT2D eigenvalue weighted by molar-refractivity contribution is -0.129. The second-order valence-corrected chi connectivity index (χ2v) is 8.11. The lowest BCUT2D eigenvalue weighted by Crippen LogP contribution is -2.37. The molecule has 160 valence electrons. The van der Waals surface area contributed by atoms with Gasteiger partial charge in [0, 0.05) is 11.1 Å². The molecule has 0 spiro atoms. The zero-order valence-corrected chi connectivity index (χ0v) is 17.8. The van der Waals surface area contributed by atoms with E-state index in [1.54, 1.807) is 58.0 Å². The van der Waals surface area contributed by atoms with E-state index < -0.39 is 23.4 Å². The summed E-state index contributed by atoms with van der Waals surface area (Å²) >= 11 is 0. The summed E-state index contributed by atoms with van der Waals surface area (Å²) in [5.41, 5.74) is 0.828. The van der Waals surface area contributed by atoms with Crippen molar-refractivity contribution >= 4 is 23.5 Å². The van der Waals surface area contributed by atoms with E-state index in [0.717, 1.165) is 5.56 Å². The maximum atomic E-state index is 13.0. The SMILES string of the molecule is CC(OC(=O)c1cccc(NC(=O)C(C)(C)C)c1)C(=O)NC(C)c1ccc(F)cc1. The fourth-order valence-corrected chi connectivity index (χ4v) is 2.49. The Morgan fingerprint density at radius 2 is 1.63 bits per heavy atom. The highest BCUT2D eigenvalue weighted by atomic mass is 19.1. The number of hydrogen-bond acceptors (Lipinski definition) is 4. The number of nitrogens with one attached hydrogen (secondary N) is 2. The molecule has 0 aromatic heterocycles. The molecule has 30 heavy (non-hydrogen) atoms. The normalized spacial score (nSPS) is 13.1. The van der Waals surface area contributed by atoms with Crippen LogP contribution in [0.3, 0.4) is 0 Å². The van der Waals surface area contributed by atoms with Crippen LogP contribution in [0.15, 0.2) is 48.5 Å². The number of halogens is 1. The van der Waals surface area contributed by atoms with Crippen LogP contribution in [0.25, 0.3) is 0 Å². The van der Waals surface area contributed by atoms with Crippen LogP contribution in [0.5, 0.6) is 0 Å². The summed E-state index contributed by atoms with van der Waals surface area (Å²) in [6, 6.07) is 11.7. The number of carbonyl (C=O) groups excluding carboxylic acids is 3. The van der Waals surface area contributed by atoms with Crippen LogP contribution in [0, 0.1) is 11.2 Å². The van der Waals surface area contributed by atoms with Crippen molar-refractivity contribution in [2.24, 2.45) is 5.41 Å². The van der Waals surface area contributed by atoms with Gasteiger partial charge >= 0.3 is 5.97 Å². The molecular weight excluding hydrogens is 387 g/mol. The first kappa shape index (κ1) is 23.1. The molecule has 0 aliphatic carbocycles. The van der Waals surface area contributed by atoms with Crippen molar-refractivity contribution in [3.8, 4) is 0 Å². The third kappa shape index (κ3) is 6.40. The van der Waals surface area contributed by atoms with E-state index >= 15 is 0 Å². The average molecular weight is 414 g/mol.